The van der Waals surface area contributed by atoms with Crippen LogP contribution in [0.5, 0.6) is 0 Å². The highest BCUT2D eigenvalue weighted by atomic mass is 16.2. The van der Waals surface area contributed by atoms with Crippen molar-refractivity contribution in [3.8, 4) is 11.8 Å². The lowest BCUT2D eigenvalue weighted by Gasteiger charge is -2.15. The van der Waals surface area contributed by atoms with Crippen molar-refractivity contribution in [1.82, 2.24) is 5.32 Å². The molecule has 0 aromatic heterocycles. The van der Waals surface area contributed by atoms with Crippen molar-refractivity contribution in [2.45, 2.75) is 46.1 Å². The summed E-state index contributed by atoms with van der Waals surface area (Å²) < 4.78 is 0. The number of amides is 1. The van der Waals surface area contributed by atoms with E-state index in [-0.39, 0.29) is 18.6 Å². The lowest BCUT2D eigenvalue weighted by Crippen LogP contribution is -2.32. The minimum Gasteiger partial charge on any atom is -0.395 e. The normalized spacial score (nSPS) is 11.7. The second kappa shape index (κ2) is 9.20. The summed E-state index contributed by atoms with van der Waals surface area (Å²) in [7, 11) is 0. The quantitative estimate of drug-likeness (QED) is 0.790. The first kappa shape index (κ1) is 17.3. The zero-order valence-corrected chi connectivity index (χ0v) is 13.1. The zero-order valence-electron chi connectivity index (χ0n) is 13.1. The Hall–Kier alpha value is -1.79. The average Bonchev–Trinajstić information content (AvgIpc) is 2.46. The van der Waals surface area contributed by atoms with Crippen LogP contribution in [-0.4, -0.2) is 23.7 Å². The molecule has 1 amide bonds. The molecule has 3 nitrogen and oxygen atoms in total. The lowest BCUT2D eigenvalue weighted by atomic mass is 10.0. The van der Waals surface area contributed by atoms with Crippen molar-refractivity contribution in [2.75, 3.05) is 6.61 Å². The van der Waals surface area contributed by atoms with E-state index >= 15 is 0 Å². The van der Waals surface area contributed by atoms with Crippen LogP contribution in [0.25, 0.3) is 0 Å². The summed E-state index contributed by atoms with van der Waals surface area (Å²) in [5.41, 5.74) is 1.51. The number of hydrogen-bond acceptors (Lipinski definition) is 2. The van der Waals surface area contributed by atoms with Crippen molar-refractivity contribution >= 4 is 5.91 Å². The summed E-state index contributed by atoms with van der Waals surface area (Å²) in [5, 5.41) is 11.7. The number of carbonyl (C=O) groups excluding carboxylic acids is 1. The van der Waals surface area contributed by atoms with Gasteiger partial charge in [-0.3, -0.25) is 4.79 Å². The van der Waals surface area contributed by atoms with Crippen molar-refractivity contribution in [3.63, 3.8) is 0 Å². The number of rotatable bonds is 6. The Morgan fingerprint density at radius 1 is 1.19 bits per heavy atom. The third kappa shape index (κ3) is 6.97. The third-order valence-electron chi connectivity index (χ3n) is 3.17. The summed E-state index contributed by atoms with van der Waals surface area (Å²) in [6.45, 7) is 6.48. The van der Waals surface area contributed by atoms with Gasteiger partial charge in [-0.1, -0.05) is 25.7 Å². The Bertz CT molecular complexity index is 494. The van der Waals surface area contributed by atoms with Crippen LogP contribution >= 0.6 is 0 Å². The molecular weight excluding hydrogens is 262 g/mol. The van der Waals surface area contributed by atoms with Gasteiger partial charge in [-0.2, -0.15) is 0 Å². The Morgan fingerprint density at radius 2 is 1.86 bits per heavy atom. The van der Waals surface area contributed by atoms with E-state index in [0.717, 1.165) is 18.4 Å². The SMILES string of the molecule is CC(C)CCC(C)NC(=O)c1ccc(C#CCCO)cc1. The van der Waals surface area contributed by atoms with Gasteiger partial charge < -0.3 is 10.4 Å². The highest BCUT2D eigenvalue weighted by Crippen LogP contribution is 2.08. The van der Waals surface area contributed by atoms with E-state index in [2.05, 4.69) is 31.0 Å². The van der Waals surface area contributed by atoms with Crippen LogP contribution in [0.2, 0.25) is 0 Å². The molecule has 0 aliphatic carbocycles. The molecule has 0 aliphatic rings. The van der Waals surface area contributed by atoms with Gasteiger partial charge in [-0.25, -0.2) is 0 Å². The van der Waals surface area contributed by atoms with Gasteiger partial charge in [0.05, 0.1) is 6.61 Å². The van der Waals surface area contributed by atoms with Crippen molar-refractivity contribution < 1.29 is 9.90 Å². The number of hydrogen-bond donors (Lipinski definition) is 2. The topological polar surface area (TPSA) is 49.3 Å². The monoisotopic (exact) mass is 287 g/mol. The van der Waals surface area contributed by atoms with E-state index in [0.29, 0.717) is 17.9 Å². The Morgan fingerprint density at radius 3 is 2.43 bits per heavy atom. The zero-order chi connectivity index (χ0) is 15.7. The van der Waals surface area contributed by atoms with E-state index in [9.17, 15) is 4.79 Å². The molecule has 1 atom stereocenters. The lowest BCUT2D eigenvalue weighted by molar-refractivity contribution is 0.0937. The standard InChI is InChI=1S/C18H25NO2/c1-14(2)7-8-15(3)19-18(21)17-11-9-16(10-12-17)6-4-5-13-20/h9-12,14-15,20H,5,7-8,13H2,1-3H3,(H,19,21). The predicted molar refractivity (Wildman–Crippen MR) is 86.0 cm³/mol. The molecule has 0 radical (unpaired) electrons. The van der Waals surface area contributed by atoms with Gasteiger partial charge in [-0.05, 0) is 49.9 Å². The Kier molecular flexibility index (Phi) is 7.56. The number of benzene rings is 1. The Labute approximate surface area is 127 Å². The number of aliphatic hydroxyl groups is 1. The van der Waals surface area contributed by atoms with Gasteiger partial charge in [0.15, 0.2) is 0 Å². The molecule has 0 saturated heterocycles. The highest BCUT2D eigenvalue weighted by Gasteiger charge is 2.10. The Balaban J connectivity index is 2.53. The van der Waals surface area contributed by atoms with E-state index in [1.807, 2.05) is 19.1 Å². The first-order valence-corrected chi connectivity index (χ1v) is 7.53. The van der Waals surface area contributed by atoms with Crippen LogP contribution in [-0.2, 0) is 0 Å². The summed E-state index contributed by atoms with van der Waals surface area (Å²) >= 11 is 0. The molecule has 1 unspecified atom stereocenters. The van der Waals surface area contributed by atoms with E-state index in [1.54, 1.807) is 12.1 Å². The van der Waals surface area contributed by atoms with Crippen molar-refractivity contribution in [3.05, 3.63) is 35.4 Å². The van der Waals surface area contributed by atoms with Gasteiger partial charge in [-0.15, -0.1) is 0 Å². The highest BCUT2D eigenvalue weighted by molar-refractivity contribution is 5.94. The summed E-state index contributed by atoms with van der Waals surface area (Å²) in [5.74, 6) is 6.42. The molecule has 0 bridgehead atoms. The molecule has 2 N–H and O–H groups in total. The van der Waals surface area contributed by atoms with Crippen LogP contribution in [0.1, 0.15) is 56.0 Å². The molecule has 0 spiro atoms. The van der Waals surface area contributed by atoms with Gasteiger partial charge >= 0.3 is 0 Å². The molecular formula is C18H25NO2. The molecule has 0 heterocycles. The second-order valence-corrected chi connectivity index (χ2v) is 5.70. The van der Waals surface area contributed by atoms with E-state index in [4.69, 9.17) is 5.11 Å². The van der Waals surface area contributed by atoms with Gasteiger partial charge in [0.25, 0.3) is 5.91 Å². The number of carbonyl (C=O) groups is 1. The van der Waals surface area contributed by atoms with Gasteiger partial charge in [0, 0.05) is 23.6 Å². The second-order valence-electron chi connectivity index (χ2n) is 5.70. The molecule has 21 heavy (non-hydrogen) atoms. The maximum absolute atomic E-state index is 12.1. The van der Waals surface area contributed by atoms with Crippen LogP contribution < -0.4 is 5.32 Å². The first-order valence-electron chi connectivity index (χ1n) is 7.53. The van der Waals surface area contributed by atoms with Crippen LogP contribution in [0.4, 0.5) is 0 Å². The smallest absolute Gasteiger partial charge is 0.251 e. The van der Waals surface area contributed by atoms with Gasteiger partial charge in [0.1, 0.15) is 0 Å². The summed E-state index contributed by atoms with van der Waals surface area (Å²) in [6.07, 6.45) is 2.57. The van der Waals surface area contributed by atoms with Crippen molar-refractivity contribution in [2.24, 2.45) is 5.92 Å². The number of aliphatic hydroxyl groups excluding tert-OH is 1. The van der Waals surface area contributed by atoms with E-state index in [1.165, 1.54) is 0 Å². The fraction of sp³-hybridized carbons (Fsp3) is 0.500. The summed E-state index contributed by atoms with van der Waals surface area (Å²) in [4.78, 5) is 12.1. The average molecular weight is 287 g/mol. The molecule has 0 fully saturated rings. The fourth-order valence-corrected chi connectivity index (χ4v) is 1.89. The molecule has 1 aromatic carbocycles. The summed E-state index contributed by atoms with van der Waals surface area (Å²) in [6, 6.07) is 7.42. The predicted octanol–water partition coefficient (Wildman–Crippen LogP) is 2.98. The van der Waals surface area contributed by atoms with Gasteiger partial charge in [0.2, 0.25) is 0 Å². The molecule has 1 rings (SSSR count). The number of nitrogens with one attached hydrogen (secondary N) is 1. The minimum absolute atomic E-state index is 0.0406. The van der Waals surface area contributed by atoms with Crippen molar-refractivity contribution in [1.29, 1.82) is 0 Å². The maximum atomic E-state index is 12.1. The molecule has 1 aromatic rings. The maximum Gasteiger partial charge on any atom is 0.251 e. The third-order valence-corrected chi connectivity index (χ3v) is 3.17. The molecule has 3 heteroatoms. The molecule has 114 valence electrons. The molecule has 0 saturated carbocycles. The van der Waals surface area contributed by atoms with E-state index < -0.39 is 0 Å². The first-order chi connectivity index (χ1) is 10.0. The van der Waals surface area contributed by atoms with Crippen LogP contribution in [0, 0.1) is 17.8 Å². The molecule has 0 aliphatic heterocycles. The van der Waals surface area contributed by atoms with Crippen LogP contribution in [0.3, 0.4) is 0 Å². The van der Waals surface area contributed by atoms with Crippen LogP contribution in [0.15, 0.2) is 24.3 Å². The minimum atomic E-state index is -0.0406. The fourth-order valence-electron chi connectivity index (χ4n) is 1.89. The largest absolute Gasteiger partial charge is 0.395 e.